The lowest BCUT2D eigenvalue weighted by molar-refractivity contribution is -0.142. The van der Waals surface area contributed by atoms with Gasteiger partial charge >= 0.3 is 0 Å². The molecule has 0 saturated carbocycles. The number of rotatable bonds is 8. The lowest BCUT2D eigenvalue weighted by Crippen LogP contribution is -2.48. The van der Waals surface area contributed by atoms with Crippen molar-refractivity contribution in [2.24, 2.45) is 0 Å². The minimum Gasteiger partial charge on any atom is -0.396 e. The summed E-state index contributed by atoms with van der Waals surface area (Å²) in [5, 5.41) is 9.07. The van der Waals surface area contributed by atoms with Gasteiger partial charge in [0.05, 0.1) is 0 Å². The van der Waals surface area contributed by atoms with Crippen LogP contribution in [0.25, 0.3) is 6.08 Å². The van der Waals surface area contributed by atoms with E-state index in [-0.39, 0.29) is 18.4 Å². The SMILES string of the molecule is C[C@H](C(=O)N(C/C=C/c1ccccc1)CCCO)N1CCCC1=O. The predicted molar refractivity (Wildman–Crippen MR) is 94.2 cm³/mol. The first-order valence-corrected chi connectivity index (χ1v) is 8.54. The number of likely N-dealkylation sites (tertiary alicyclic amines) is 1. The van der Waals surface area contributed by atoms with Crippen molar-refractivity contribution in [2.45, 2.75) is 32.2 Å². The van der Waals surface area contributed by atoms with Gasteiger partial charge in [-0.2, -0.15) is 0 Å². The first kappa shape index (κ1) is 18.2. The highest BCUT2D eigenvalue weighted by molar-refractivity contribution is 5.88. The third kappa shape index (κ3) is 4.93. The molecule has 0 aromatic heterocycles. The maximum atomic E-state index is 12.7. The van der Waals surface area contributed by atoms with E-state index in [0.717, 1.165) is 12.0 Å². The zero-order valence-electron chi connectivity index (χ0n) is 14.2. The van der Waals surface area contributed by atoms with Gasteiger partial charge in [-0.3, -0.25) is 9.59 Å². The highest BCUT2D eigenvalue weighted by atomic mass is 16.3. The Labute approximate surface area is 143 Å². The fraction of sp³-hybridized carbons (Fsp3) is 0.474. The zero-order chi connectivity index (χ0) is 17.4. The molecule has 0 radical (unpaired) electrons. The monoisotopic (exact) mass is 330 g/mol. The smallest absolute Gasteiger partial charge is 0.245 e. The molecule has 130 valence electrons. The molecule has 1 saturated heterocycles. The van der Waals surface area contributed by atoms with Crippen molar-refractivity contribution in [1.82, 2.24) is 9.80 Å². The molecule has 1 heterocycles. The minimum absolute atomic E-state index is 0.0448. The molecular formula is C19H26N2O3. The van der Waals surface area contributed by atoms with Crippen LogP contribution in [0.4, 0.5) is 0 Å². The van der Waals surface area contributed by atoms with E-state index in [2.05, 4.69) is 0 Å². The number of benzene rings is 1. The largest absolute Gasteiger partial charge is 0.396 e. The summed E-state index contributed by atoms with van der Waals surface area (Å²) in [6.45, 7) is 3.45. The van der Waals surface area contributed by atoms with Crippen LogP contribution < -0.4 is 0 Å². The number of hydrogen-bond donors (Lipinski definition) is 1. The third-order valence-corrected chi connectivity index (χ3v) is 4.27. The highest BCUT2D eigenvalue weighted by Gasteiger charge is 2.31. The quantitative estimate of drug-likeness (QED) is 0.792. The standard InChI is InChI=1S/C19H26N2O3/c1-16(21-14-6-11-18(21)23)19(24)20(13-7-15-22)12-5-10-17-8-3-2-4-9-17/h2-5,8-10,16,22H,6-7,11-15H2,1H3/b10-5+/t16-/m1/s1. The van der Waals surface area contributed by atoms with E-state index in [4.69, 9.17) is 5.11 Å². The second-order valence-corrected chi connectivity index (χ2v) is 6.04. The van der Waals surface area contributed by atoms with Crippen molar-refractivity contribution in [2.75, 3.05) is 26.2 Å². The number of carbonyl (C=O) groups excluding carboxylic acids is 2. The van der Waals surface area contributed by atoms with Crippen LogP contribution in [-0.2, 0) is 9.59 Å². The number of amides is 2. The van der Waals surface area contributed by atoms with E-state index in [0.29, 0.717) is 32.5 Å². The second-order valence-electron chi connectivity index (χ2n) is 6.04. The van der Waals surface area contributed by atoms with Crippen LogP contribution >= 0.6 is 0 Å². The number of carbonyl (C=O) groups is 2. The summed E-state index contributed by atoms with van der Waals surface area (Å²) in [6, 6.07) is 9.46. The van der Waals surface area contributed by atoms with E-state index < -0.39 is 6.04 Å². The van der Waals surface area contributed by atoms with Gasteiger partial charge in [-0.05, 0) is 25.3 Å². The van der Waals surface area contributed by atoms with Crippen molar-refractivity contribution in [3.05, 3.63) is 42.0 Å². The van der Waals surface area contributed by atoms with Crippen molar-refractivity contribution < 1.29 is 14.7 Å². The molecule has 1 fully saturated rings. The van der Waals surface area contributed by atoms with Crippen LogP contribution in [0.2, 0.25) is 0 Å². The van der Waals surface area contributed by atoms with E-state index in [1.807, 2.05) is 42.5 Å². The van der Waals surface area contributed by atoms with Crippen LogP contribution in [-0.4, -0.2) is 59.0 Å². The summed E-state index contributed by atoms with van der Waals surface area (Å²) in [5.41, 5.74) is 1.08. The fourth-order valence-corrected chi connectivity index (χ4v) is 2.91. The van der Waals surface area contributed by atoms with E-state index in [1.165, 1.54) is 0 Å². The van der Waals surface area contributed by atoms with Gasteiger partial charge in [-0.1, -0.05) is 42.5 Å². The van der Waals surface area contributed by atoms with Gasteiger partial charge in [-0.15, -0.1) is 0 Å². The third-order valence-electron chi connectivity index (χ3n) is 4.27. The van der Waals surface area contributed by atoms with Crippen molar-refractivity contribution in [3.63, 3.8) is 0 Å². The molecule has 1 aliphatic rings. The van der Waals surface area contributed by atoms with Crippen LogP contribution in [0.3, 0.4) is 0 Å². The van der Waals surface area contributed by atoms with Crippen molar-refractivity contribution in [3.8, 4) is 0 Å². The van der Waals surface area contributed by atoms with Crippen LogP contribution in [0.5, 0.6) is 0 Å². The van der Waals surface area contributed by atoms with Crippen molar-refractivity contribution >= 4 is 17.9 Å². The second kappa shape index (κ2) is 9.23. The van der Waals surface area contributed by atoms with E-state index in [9.17, 15) is 9.59 Å². The van der Waals surface area contributed by atoms with Crippen LogP contribution in [0, 0.1) is 0 Å². The number of aliphatic hydroxyl groups excluding tert-OH is 1. The molecule has 2 amide bonds. The van der Waals surface area contributed by atoms with Crippen LogP contribution in [0.1, 0.15) is 31.7 Å². The molecular weight excluding hydrogens is 304 g/mol. The molecule has 5 heteroatoms. The highest BCUT2D eigenvalue weighted by Crippen LogP contribution is 2.15. The Morgan fingerprint density at radius 3 is 2.75 bits per heavy atom. The van der Waals surface area contributed by atoms with Gasteiger partial charge in [0.25, 0.3) is 0 Å². The van der Waals surface area contributed by atoms with E-state index >= 15 is 0 Å². The maximum absolute atomic E-state index is 12.7. The summed E-state index contributed by atoms with van der Waals surface area (Å²) in [5.74, 6) is -0.00537. The molecule has 1 aromatic carbocycles. The Bertz CT molecular complexity index is 571. The molecule has 5 nitrogen and oxygen atoms in total. The number of nitrogens with zero attached hydrogens (tertiary/aromatic N) is 2. The summed E-state index contributed by atoms with van der Waals surface area (Å²) in [7, 11) is 0. The molecule has 1 aliphatic heterocycles. The lowest BCUT2D eigenvalue weighted by atomic mass is 10.2. The Hall–Kier alpha value is -2.14. The van der Waals surface area contributed by atoms with Gasteiger partial charge in [0, 0.05) is 32.7 Å². The Balaban J connectivity index is 1.99. The average Bonchev–Trinajstić information content (AvgIpc) is 3.03. The number of hydrogen-bond acceptors (Lipinski definition) is 3. The fourth-order valence-electron chi connectivity index (χ4n) is 2.91. The average molecular weight is 330 g/mol. The first-order chi connectivity index (χ1) is 11.6. The van der Waals surface area contributed by atoms with E-state index in [1.54, 1.807) is 16.7 Å². The predicted octanol–water partition coefficient (Wildman–Crippen LogP) is 1.92. The molecule has 24 heavy (non-hydrogen) atoms. The number of aliphatic hydroxyl groups is 1. The zero-order valence-corrected chi connectivity index (χ0v) is 14.2. The Morgan fingerprint density at radius 1 is 1.38 bits per heavy atom. The van der Waals surface area contributed by atoms with Gasteiger partial charge in [0.2, 0.25) is 11.8 Å². The van der Waals surface area contributed by atoms with Gasteiger partial charge in [0.1, 0.15) is 6.04 Å². The maximum Gasteiger partial charge on any atom is 0.245 e. The Kier molecular flexibility index (Phi) is 7.00. The summed E-state index contributed by atoms with van der Waals surface area (Å²) in [4.78, 5) is 28.0. The van der Waals surface area contributed by atoms with Crippen LogP contribution in [0.15, 0.2) is 36.4 Å². The Morgan fingerprint density at radius 2 is 2.12 bits per heavy atom. The molecule has 1 N–H and O–H groups in total. The lowest BCUT2D eigenvalue weighted by Gasteiger charge is -2.29. The molecule has 2 rings (SSSR count). The summed E-state index contributed by atoms with van der Waals surface area (Å²) < 4.78 is 0. The van der Waals surface area contributed by atoms with Gasteiger partial charge in [0.15, 0.2) is 0 Å². The molecule has 0 unspecified atom stereocenters. The van der Waals surface area contributed by atoms with Gasteiger partial charge in [-0.25, -0.2) is 0 Å². The topological polar surface area (TPSA) is 60.9 Å². The van der Waals surface area contributed by atoms with Gasteiger partial charge < -0.3 is 14.9 Å². The molecule has 0 aliphatic carbocycles. The molecule has 1 atom stereocenters. The summed E-state index contributed by atoms with van der Waals surface area (Å²) in [6.07, 6.45) is 5.81. The van der Waals surface area contributed by atoms with Crippen molar-refractivity contribution in [1.29, 1.82) is 0 Å². The molecule has 0 bridgehead atoms. The minimum atomic E-state index is -0.441. The molecule has 0 spiro atoms. The first-order valence-electron chi connectivity index (χ1n) is 8.54. The normalized spacial score (nSPS) is 15.9. The summed E-state index contributed by atoms with van der Waals surface area (Å²) >= 11 is 0. The molecule has 1 aromatic rings.